The molecule has 3 atom stereocenters. The van der Waals surface area contributed by atoms with Crippen LogP contribution < -0.4 is 13.1 Å². The molecule has 2 aliphatic rings. The van der Waals surface area contributed by atoms with Gasteiger partial charge in [0.2, 0.25) is 6.29 Å². The van der Waals surface area contributed by atoms with Gasteiger partial charge in [-0.15, -0.1) is 0 Å². The van der Waals surface area contributed by atoms with Gasteiger partial charge in [-0.05, 0) is 44.5 Å². The lowest BCUT2D eigenvalue weighted by molar-refractivity contribution is -0.159. The van der Waals surface area contributed by atoms with Crippen LogP contribution in [0.1, 0.15) is 29.0 Å². The Morgan fingerprint density at radius 2 is 1.39 bits per heavy atom. The number of rotatable bonds is 7. The Labute approximate surface area is 220 Å². The fraction of sp³-hybridized carbons (Fsp3) is 0.269. The Morgan fingerprint density at radius 1 is 0.842 bits per heavy atom. The van der Waals surface area contributed by atoms with E-state index in [-0.39, 0.29) is 33.5 Å². The van der Waals surface area contributed by atoms with Gasteiger partial charge in [0, 0.05) is 17.7 Å². The van der Waals surface area contributed by atoms with Crippen molar-refractivity contribution in [2.45, 2.75) is 48.4 Å². The van der Waals surface area contributed by atoms with Crippen molar-refractivity contribution in [3.8, 4) is 17.2 Å². The van der Waals surface area contributed by atoms with E-state index < -0.39 is 44.5 Å². The second kappa shape index (κ2) is 9.61. The highest BCUT2D eigenvalue weighted by Gasteiger charge is 2.49. The summed E-state index contributed by atoms with van der Waals surface area (Å²) in [5.74, 6) is -1.46. The van der Waals surface area contributed by atoms with Gasteiger partial charge in [0.25, 0.3) is 0 Å². The van der Waals surface area contributed by atoms with Gasteiger partial charge in [-0.2, -0.15) is 16.8 Å². The molecule has 12 heteroatoms. The molecule has 200 valence electrons. The minimum absolute atomic E-state index is 0.0830. The molecule has 2 heterocycles. The van der Waals surface area contributed by atoms with Gasteiger partial charge in [0.15, 0.2) is 11.9 Å². The van der Waals surface area contributed by atoms with Gasteiger partial charge in [-0.1, -0.05) is 35.4 Å². The van der Waals surface area contributed by atoms with Crippen molar-refractivity contribution < 1.29 is 44.2 Å². The fourth-order valence-electron chi connectivity index (χ4n) is 4.33. The first-order chi connectivity index (χ1) is 18.0. The number of benzene rings is 3. The highest BCUT2D eigenvalue weighted by atomic mass is 32.2. The SMILES string of the molecule is COC(=O)[C@@H]1C[C@H]2c3c(cc(OS(=O)(=O)c4ccc(C)cc4)cc3OS(=O)(=O)c3ccc(C)cc3)O[C@H]2O1. The summed E-state index contributed by atoms with van der Waals surface area (Å²) in [7, 11) is -7.35. The normalized spacial score (nSPS) is 20.2. The van der Waals surface area contributed by atoms with Crippen LogP contribution in [0.5, 0.6) is 17.2 Å². The van der Waals surface area contributed by atoms with Crippen molar-refractivity contribution in [1.29, 1.82) is 0 Å². The molecule has 3 aromatic rings. The Kier molecular flexibility index (Phi) is 6.58. The highest BCUT2D eigenvalue weighted by molar-refractivity contribution is 7.87. The molecule has 0 amide bonds. The summed E-state index contributed by atoms with van der Waals surface area (Å²) in [5, 5.41) is 0. The summed E-state index contributed by atoms with van der Waals surface area (Å²) in [5.41, 5.74) is 2.04. The summed E-state index contributed by atoms with van der Waals surface area (Å²) in [6.07, 6.45) is -1.70. The molecule has 0 aromatic heterocycles. The summed E-state index contributed by atoms with van der Waals surface area (Å²) < 4.78 is 79.2. The number of carbonyl (C=O) groups is 1. The predicted molar refractivity (Wildman–Crippen MR) is 133 cm³/mol. The van der Waals surface area contributed by atoms with E-state index in [0.29, 0.717) is 5.56 Å². The van der Waals surface area contributed by atoms with Gasteiger partial charge in [-0.25, -0.2) is 4.79 Å². The Hall–Kier alpha value is -3.61. The lowest BCUT2D eigenvalue weighted by Crippen LogP contribution is -2.24. The summed E-state index contributed by atoms with van der Waals surface area (Å²) in [6.45, 7) is 3.63. The van der Waals surface area contributed by atoms with E-state index in [4.69, 9.17) is 22.6 Å². The van der Waals surface area contributed by atoms with Crippen LogP contribution in [-0.2, 0) is 34.5 Å². The van der Waals surface area contributed by atoms with Gasteiger partial charge in [0.1, 0.15) is 21.3 Å². The minimum atomic E-state index is -4.33. The summed E-state index contributed by atoms with van der Waals surface area (Å²) in [6, 6.07) is 14.6. The predicted octanol–water partition coefficient (Wildman–Crippen LogP) is 3.60. The second-order valence-electron chi connectivity index (χ2n) is 9.01. The first kappa shape index (κ1) is 26.0. The third kappa shape index (κ3) is 4.94. The van der Waals surface area contributed by atoms with Gasteiger partial charge < -0.3 is 22.6 Å². The number of methoxy groups -OCH3 is 1. The number of hydrogen-bond donors (Lipinski definition) is 0. The molecule has 3 aromatic carbocycles. The van der Waals surface area contributed by atoms with Gasteiger partial charge in [-0.3, -0.25) is 0 Å². The van der Waals surface area contributed by atoms with Crippen molar-refractivity contribution in [3.63, 3.8) is 0 Å². The van der Waals surface area contributed by atoms with Crippen molar-refractivity contribution >= 4 is 26.2 Å². The monoisotopic (exact) mass is 560 g/mol. The molecule has 2 aliphatic heterocycles. The van der Waals surface area contributed by atoms with E-state index in [1.165, 1.54) is 43.5 Å². The molecule has 1 fully saturated rings. The average molecular weight is 561 g/mol. The summed E-state index contributed by atoms with van der Waals surface area (Å²) >= 11 is 0. The first-order valence-electron chi connectivity index (χ1n) is 11.6. The molecule has 0 unspecified atom stereocenters. The van der Waals surface area contributed by atoms with E-state index >= 15 is 0 Å². The first-order valence-corrected chi connectivity index (χ1v) is 14.4. The third-order valence-electron chi connectivity index (χ3n) is 6.28. The maximum atomic E-state index is 13.1. The number of fused-ring (bicyclic) bond motifs is 3. The van der Waals surface area contributed by atoms with Crippen molar-refractivity contribution in [1.82, 2.24) is 0 Å². The van der Waals surface area contributed by atoms with Crippen LogP contribution in [0.25, 0.3) is 0 Å². The number of esters is 1. The Bertz CT molecular complexity index is 1590. The van der Waals surface area contributed by atoms with Crippen LogP contribution in [0, 0.1) is 13.8 Å². The average Bonchev–Trinajstić information content (AvgIpc) is 3.41. The molecule has 38 heavy (non-hydrogen) atoms. The lowest BCUT2D eigenvalue weighted by atomic mass is 9.95. The zero-order valence-electron chi connectivity index (χ0n) is 20.6. The fourth-order valence-corrected chi connectivity index (χ4v) is 6.19. The van der Waals surface area contributed by atoms with Crippen LogP contribution >= 0.6 is 0 Å². The zero-order chi connectivity index (χ0) is 27.2. The van der Waals surface area contributed by atoms with Crippen molar-refractivity contribution in [2.75, 3.05) is 7.11 Å². The summed E-state index contributed by atoms with van der Waals surface area (Å²) in [4.78, 5) is 11.9. The molecular weight excluding hydrogens is 536 g/mol. The molecule has 1 saturated heterocycles. The number of aryl methyl sites for hydroxylation is 2. The van der Waals surface area contributed by atoms with Crippen LogP contribution in [0.2, 0.25) is 0 Å². The molecule has 0 N–H and O–H groups in total. The molecule has 10 nitrogen and oxygen atoms in total. The van der Waals surface area contributed by atoms with Gasteiger partial charge in [0.05, 0.1) is 13.0 Å². The number of carbonyl (C=O) groups excluding carboxylic acids is 1. The van der Waals surface area contributed by atoms with E-state index in [1.54, 1.807) is 24.3 Å². The van der Waals surface area contributed by atoms with E-state index in [0.717, 1.165) is 11.1 Å². The van der Waals surface area contributed by atoms with E-state index in [2.05, 4.69) is 0 Å². The van der Waals surface area contributed by atoms with Crippen LogP contribution in [0.4, 0.5) is 0 Å². The van der Waals surface area contributed by atoms with Crippen LogP contribution in [0.15, 0.2) is 70.5 Å². The van der Waals surface area contributed by atoms with Crippen LogP contribution in [0.3, 0.4) is 0 Å². The molecule has 0 aliphatic carbocycles. The molecule has 0 spiro atoms. The second-order valence-corrected chi connectivity index (χ2v) is 12.1. The van der Waals surface area contributed by atoms with Gasteiger partial charge >= 0.3 is 26.2 Å². The molecule has 0 radical (unpaired) electrons. The minimum Gasteiger partial charge on any atom is -0.467 e. The van der Waals surface area contributed by atoms with Crippen LogP contribution in [-0.4, -0.2) is 42.3 Å². The van der Waals surface area contributed by atoms with Crippen molar-refractivity contribution in [2.24, 2.45) is 0 Å². The Morgan fingerprint density at radius 3 is 1.95 bits per heavy atom. The highest BCUT2D eigenvalue weighted by Crippen LogP contribution is 2.52. The third-order valence-corrected chi connectivity index (χ3v) is 8.79. The van der Waals surface area contributed by atoms with Crippen molar-refractivity contribution in [3.05, 3.63) is 77.4 Å². The Balaban J connectivity index is 1.54. The topological polar surface area (TPSA) is 132 Å². The lowest BCUT2D eigenvalue weighted by Gasteiger charge is -2.15. The standard InChI is InChI=1S/C26H24O10S2/c1-15-4-8-18(9-5-15)37(28,29)35-17-12-21-24(20-14-23(25(27)32-3)34-26(20)33-21)22(13-17)36-38(30,31)19-10-6-16(2)7-11-19/h4-13,20,23,26H,14H2,1-3H3/t20-,23-,26-/m0/s1. The maximum absolute atomic E-state index is 13.1. The molecule has 5 rings (SSSR count). The maximum Gasteiger partial charge on any atom is 0.339 e. The van der Waals surface area contributed by atoms with E-state index in [9.17, 15) is 21.6 Å². The molecule has 0 bridgehead atoms. The van der Waals surface area contributed by atoms with E-state index in [1.807, 2.05) is 13.8 Å². The molecular formula is C26H24O10S2. The zero-order valence-corrected chi connectivity index (χ0v) is 22.2. The largest absolute Gasteiger partial charge is 0.467 e. The molecule has 0 saturated carbocycles. The number of ether oxygens (including phenoxy) is 3. The quantitative estimate of drug-likeness (QED) is 0.312. The number of hydrogen-bond acceptors (Lipinski definition) is 10. The smallest absolute Gasteiger partial charge is 0.339 e.